The maximum atomic E-state index is 12.3. The average molecular weight is 308 g/mol. The lowest BCUT2D eigenvalue weighted by Gasteiger charge is -2.26. The Hall–Kier alpha value is -2.11. The fraction of sp³-hybridized carbons (Fsp3) is 0.562. The first-order chi connectivity index (χ1) is 9.98. The second kappa shape index (κ2) is 6.77. The highest BCUT2D eigenvalue weighted by Crippen LogP contribution is 2.19. The normalized spacial score (nSPS) is 13.2. The number of aromatic nitrogens is 1. The predicted octanol–water partition coefficient (Wildman–Crippen LogP) is 2.99. The van der Waals surface area contributed by atoms with Crippen LogP contribution in [0.2, 0.25) is 0 Å². The zero-order chi connectivity index (χ0) is 17.0. The SMILES string of the molecule is CC(C)(C)OC(=O)NC(C(=O)OC(C)(C)C)c1cccnc1. The first-order valence-electron chi connectivity index (χ1n) is 7.10. The van der Waals surface area contributed by atoms with Crippen LogP contribution in [0.4, 0.5) is 4.79 Å². The Morgan fingerprint density at radius 2 is 1.68 bits per heavy atom. The summed E-state index contributed by atoms with van der Waals surface area (Å²) >= 11 is 0. The number of esters is 1. The van der Waals surface area contributed by atoms with Crippen molar-refractivity contribution in [1.82, 2.24) is 10.3 Å². The van der Waals surface area contributed by atoms with Gasteiger partial charge >= 0.3 is 12.1 Å². The van der Waals surface area contributed by atoms with E-state index in [0.29, 0.717) is 5.56 Å². The first-order valence-corrected chi connectivity index (χ1v) is 7.10. The fourth-order valence-corrected chi connectivity index (χ4v) is 1.61. The topological polar surface area (TPSA) is 77.5 Å². The van der Waals surface area contributed by atoms with Gasteiger partial charge in [-0.25, -0.2) is 9.59 Å². The minimum atomic E-state index is -0.970. The number of carbonyl (C=O) groups excluding carboxylic acids is 2. The molecule has 1 aromatic rings. The minimum Gasteiger partial charge on any atom is -0.458 e. The molecule has 1 heterocycles. The zero-order valence-electron chi connectivity index (χ0n) is 14.0. The molecule has 1 unspecified atom stereocenters. The molecule has 0 fully saturated rings. The molecule has 122 valence electrons. The maximum Gasteiger partial charge on any atom is 0.408 e. The Kier molecular flexibility index (Phi) is 5.52. The van der Waals surface area contributed by atoms with Gasteiger partial charge in [-0.3, -0.25) is 4.98 Å². The van der Waals surface area contributed by atoms with Crippen molar-refractivity contribution in [3.63, 3.8) is 0 Å². The van der Waals surface area contributed by atoms with E-state index < -0.39 is 29.3 Å². The molecule has 0 spiro atoms. The molecule has 1 N–H and O–H groups in total. The third-order valence-corrected chi connectivity index (χ3v) is 2.32. The molecule has 0 aliphatic rings. The van der Waals surface area contributed by atoms with Gasteiger partial charge in [0.2, 0.25) is 0 Å². The molecule has 0 saturated carbocycles. The number of hydrogen-bond donors (Lipinski definition) is 1. The van der Waals surface area contributed by atoms with Gasteiger partial charge in [0.25, 0.3) is 0 Å². The van der Waals surface area contributed by atoms with E-state index in [-0.39, 0.29) is 0 Å². The average Bonchev–Trinajstić information content (AvgIpc) is 2.32. The van der Waals surface area contributed by atoms with E-state index in [0.717, 1.165) is 0 Å². The number of alkyl carbamates (subject to hydrolysis) is 1. The van der Waals surface area contributed by atoms with Crippen LogP contribution in [0, 0.1) is 0 Å². The van der Waals surface area contributed by atoms with E-state index in [1.54, 1.807) is 59.9 Å². The zero-order valence-corrected chi connectivity index (χ0v) is 14.0. The second-order valence-corrected chi connectivity index (χ2v) is 6.90. The van der Waals surface area contributed by atoms with Gasteiger partial charge in [0, 0.05) is 18.0 Å². The number of ether oxygens (including phenoxy) is 2. The number of carbonyl (C=O) groups is 2. The van der Waals surface area contributed by atoms with E-state index in [4.69, 9.17) is 9.47 Å². The van der Waals surface area contributed by atoms with Crippen molar-refractivity contribution in [1.29, 1.82) is 0 Å². The van der Waals surface area contributed by atoms with Gasteiger partial charge in [-0.05, 0) is 47.6 Å². The molecule has 1 atom stereocenters. The lowest BCUT2D eigenvalue weighted by Crippen LogP contribution is -2.40. The van der Waals surface area contributed by atoms with Crippen LogP contribution in [-0.4, -0.2) is 28.2 Å². The summed E-state index contributed by atoms with van der Waals surface area (Å²) in [6.45, 7) is 10.5. The number of nitrogens with zero attached hydrogens (tertiary/aromatic N) is 1. The van der Waals surface area contributed by atoms with Gasteiger partial charge in [0.05, 0.1) is 0 Å². The van der Waals surface area contributed by atoms with Crippen LogP contribution in [0.1, 0.15) is 53.1 Å². The van der Waals surface area contributed by atoms with E-state index in [1.807, 2.05) is 0 Å². The third kappa shape index (κ3) is 6.56. The van der Waals surface area contributed by atoms with Crippen molar-refractivity contribution in [2.45, 2.75) is 58.8 Å². The van der Waals surface area contributed by atoms with Crippen LogP contribution in [0.3, 0.4) is 0 Å². The second-order valence-electron chi connectivity index (χ2n) is 6.90. The Bertz CT molecular complexity index is 515. The predicted molar refractivity (Wildman–Crippen MR) is 82.2 cm³/mol. The molecule has 22 heavy (non-hydrogen) atoms. The summed E-state index contributed by atoms with van der Waals surface area (Å²) in [5, 5.41) is 2.54. The summed E-state index contributed by atoms with van der Waals surface area (Å²) in [4.78, 5) is 28.3. The molecule has 0 radical (unpaired) electrons. The molecule has 0 aliphatic carbocycles. The molecule has 6 nitrogen and oxygen atoms in total. The van der Waals surface area contributed by atoms with E-state index in [1.165, 1.54) is 6.20 Å². The molecular weight excluding hydrogens is 284 g/mol. The Morgan fingerprint density at radius 3 is 2.14 bits per heavy atom. The summed E-state index contributed by atoms with van der Waals surface area (Å²) in [6.07, 6.45) is 2.40. The van der Waals surface area contributed by atoms with Crippen molar-refractivity contribution in [2.75, 3.05) is 0 Å². The molecule has 0 aliphatic heterocycles. The molecule has 1 aromatic heterocycles. The Balaban J connectivity index is 2.93. The summed E-state index contributed by atoms with van der Waals surface area (Å²) < 4.78 is 10.5. The van der Waals surface area contributed by atoms with Crippen molar-refractivity contribution in [3.8, 4) is 0 Å². The highest BCUT2D eigenvalue weighted by atomic mass is 16.6. The lowest BCUT2D eigenvalue weighted by molar-refractivity contribution is -0.157. The van der Waals surface area contributed by atoms with Gasteiger partial charge in [-0.1, -0.05) is 6.07 Å². The lowest BCUT2D eigenvalue weighted by atomic mass is 10.1. The molecule has 1 rings (SSSR count). The van der Waals surface area contributed by atoms with Gasteiger partial charge in [-0.15, -0.1) is 0 Å². The third-order valence-electron chi connectivity index (χ3n) is 2.32. The number of amides is 1. The van der Waals surface area contributed by atoms with Crippen LogP contribution in [0.15, 0.2) is 24.5 Å². The van der Waals surface area contributed by atoms with E-state index in [9.17, 15) is 9.59 Å². The van der Waals surface area contributed by atoms with Gasteiger partial charge in [0.15, 0.2) is 6.04 Å². The summed E-state index contributed by atoms with van der Waals surface area (Å²) in [5.74, 6) is -0.564. The van der Waals surface area contributed by atoms with Crippen LogP contribution in [-0.2, 0) is 14.3 Å². The summed E-state index contributed by atoms with van der Waals surface area (Å²) in [5.41, 5.74) is -0.785. The molecular formula is C16H24N2O4. The van der Waals surface area contributed by atoms with Crippen molar-refractivity contribution in [3.05, 3.63) is 30.1 Å². The van der Waals surface area contributed by atoms with Gasteiger partial charge < -0.3 is 14.8 Å². The first kappa shape index (κ1) is 17.9. The summed E-state index contributed by atoms with van der Waals surface area (Å²) in [6, 6.07) is 2.41. The Labute approximate surface area is 131 Å². The smallest absolute Gasteiger partial charge is 0.408 e. The van der Waals surface area contributed by atoms with Crippen LogP contribution in [0.5, 0.6) is 0 Å². The molecule has 6 heteroatoms. The monoisotopic (exact) mass is 308 g/mol. The summed E-state index contributed by atoms with van der Waals surface area (Å²) in [7, 11) is 0. The highest BCUT2D eigenvalue weighted by molar-refractivity contribution is 5.83. The standard InChI is InChI=1S/C16H24N2O4/c1-15(2,3)21-13(19)12(11-8-7-9-17-10-11)18-14(20)22-16(4,5)6/h7-10,12H,1-6H3,(H,18,20). The van der Waals surface area contributed by atoms with Crippen LogP contribution >= 0.6 is 0 Å². The Morgan fingerprint density at radius 1 is 1.09 bits per heavy atom. The number of hydrogen-bond acceptors (Lipinski definition) is 5. The number of rotatable bonds is 3. The highest BCUT2D eigenvalue weighted by Gasteiger charge is 2.30. The van der Waals surface area contributed by atoms with Gasteiger partial charge in [0.1, 0.15) is 11.2 Å². The molecule has 0 aromatic carbocycles. The van der Waals surface area contributed by atoms with Crippen molar-refractivity contribution < 1.29 is 19.1 Å². The molecule has 1 amide bonds. The van der Waals surface area contributed by atoms with E-state index >= 15 is 0 Å². The van der Waals surface area contributed by atoms with Crippen LogP contribution in [0.25, 0.3) is 0 Å². The van der Waals surface area contributed by atoms with Crippen molar-refractivity contribution >= 4 is 12.1 Å². The quantitative estimate of drug-likeness (QED) is 0.869. The van der Waals surface area contributed by atoms with Crippen LogP contribution < -0.4 is 5.32 Å². The minimum absolute atomic E-state index is 0.530. The number of nitrogens with one attached hydrogen (secondary N) is 1. The largest absolute Gasteiger partial charge is 0.458 e. The number of pyridine rings is 1. The van der Waals surface area contributed by atoms with E-state index in [2.05, 4.69) is 10.3 Å². The molecule has 0 saturated heterocycles. The van der Waals surface area contributed by atoms with Gasteiger partial charge in [-0.2, -0.15) is 0 Å². The van der Waals surface area contributed by atoms with Crippen molar-refractivity contribution in [2.24, 2.45) is 0 Å². The maximum absolute atomic E-state index is 12.3. The fourth-order valence-electron chi connectivity index (χ4n) is 1.61. The molecule has 0 bridgehead atoms.